The van der Waals surface area contributed by atoms with Crippen LogP contribution in [-0.4, -0.2) is 22.5 Å². The number of rotatable bonds is 6. The van der Waals surface area contributed by atoms with Gasteiger partial charge in [-0.3, -0.25) is 4.79 Å². The lowest BCUT2D eigenvalue weighted by Gasteiger charge is -2.16. The molecule has 0 amide bonds. The predicted octanol–water partition coefficient (Wildman–Crippen LogP) is 3.12. The standard InChI is InChI=1S/C13H15F3O4/c1-8(7-12(18)19)6-11(17)9-2-4-10(5-3-9)20-13(14,15)16/h2-5,8,11,17H,6-7H2,1H3,(H,18,19). The first-order valence-corrected chi connectivity index (χ1v) is 5.93. The van der Waals surface area contributed by atoms with Gasteiger partial charge in [0.1, 0.15) is 5.75 Å². The van der Waals surface area contributed by atoms with Crippen molar-refractivity contribution < 1.29 is 32.9 Å². The van der Waals surface area contributed by atoms with Crippen LogP contribution in [0.25, 0.3) is 0 Å². The fourth-order valence-electron chi connectivity index (χ4n) is 1.79. The Kier molecular flexibility index (Phi) is 5.38. The van der Waals surface area contributed by atoms with E-state index in [-0.39, 0.29) is 24.5 Å². The van der Waals surface area contributed by atoms with Crippen LogP contribution in [0.15, 0.2) is 24.3 Å². The Bertz CT molecular complexity index is 442. The van der Waals surface area contributed by atoms with E-state index in [2.05, 4.69) is 4.74 Å². The van der Waals surface area contributed by atoms with E-state index in [0.717, 1.165) is 12.1 Å². The van der Waals surface area contributed by atoms with Gasteiger partial charge in [0.15, 0.2) is 0 Å². The van der Waals surface area contributed by atoms with Crippen molar-refractivity contribution in [2.24, 2.45) is 5.92 Å². The van der Waals surface area contributed by atoms with Crippen LogP contribution in [0.2, 0.25) is 0 Å². The van der Waals surface area contributed by atoms with Gasteiger partial charge in [-0.15, -0.1) is 13.2 Å². The molecule has 1 aromatic carbocycles. The Morgan fingerprint density at radius 2 is 1.85 bits per heavy atom. The Labute approximate surface area is 113 Å². The van der Waals surface area contributed by atoms with Crippen molar-refractivity contribution in [1.29, 1.82) is 0 Å². The van der Waals surface area contributed by atoms with E-state index in [9.17, 15) is 23.1 Å². The molecule has 0 bridgehead atoms. The number of hydrogen-bond acceptors (Lipinski definition) is 3. The summed E-state index contributed by atoms with van der Waals surface area (Å²) in [6, 6.07) is 4.85. The smallest absolute Gasteiger partial charge is 0.481 e. The summed E-state index contributed by atoms with van der Waals surface area (Å²) < 4.78 is 39.6. The Morgan fingerprint density at radius 1 is 1.30 bits per heavy atom. The molecule has 4 nitrogen and oxygen atoms in total. The van der Waals surface area contributed by atoms with Crippen LogP contribution in [0.3, 0.4) is 0 Å². The highest BCUT2D eigenvalue weighted by molar-refractivity contribution is 5.66. The second-order valence-electron chi connectivity index (χ2n) is 4.57. The summed E-state index contributed by atoms with van der Waals surface area (Å²) in [6.45, 7) is 1.68. The lowest BCUT2D eigenvalue weighted by Crippen LogP contribution is -2.17. The molecule has 7 heteroatoms. The van der Waals surface area contributed by atoms with Gasteiger partial charge in [0.2, 0.25) is 0 Å². The molecule has 0 saturated carbocycles. The molecule has 1 rings (SSSR count). The fraction of sp³-hybridized carbons (Fsp3) is 0.462. The number of carbonyl (C=O) groups is 1. The van der Waals surface area contributed by atoms with Crippen LogP contribution in [-0.2, 0) is 4.79 Å². The molecular weight excluding hydrogens is 277 g/mol. The van der Waals surface area contributed by atoms with Crippen LogP contribution in [0, 0.1) is 5.92 Å². The minimum absolute atomic E-state index is 0.0771. The lowest BCUT2D eigenvalue weighted by molar-refractivity contribution is -0.274. The highest BCUT2D eigenvalue weighted by Crippen LogP contribution is 2.27. The molecule has 0 radical (unpaired) electrons. The van der Waals surface area contributed by atoms with Crippen LogP contribution < -0.4 is 4.74 Å². The van der Waals surface area contributed by atoms with Gasteiger partial charge in [0, 0.05) is 6.42 Å². The molecule has 1 aromatic rings. The predicted molar refractivity (Wildman–Crippen MR) is 64.1 cm³/mol. The number of benzene rings is 1. The van der Waals surface area contributed by atoms with Crippen LogP contribution in [0.1, 0.15) is 31.4 Å². The summed E-state index contributed by atoms with van der Waals surface area (Å²) >= 11 is 0. The van der Waals surface area contributed by atoms with Gasteiger partial charge < -0.3 is 14.9 Å². The maximum Gasteiger partial charge on any atom is 0.573 e. The van der Waals surface area contributed by atoms with Crippen LogP contribution >= 0.6 is 0 Å². The van der Waals surface area contributed by atoms with Crippen molar-refractivity contribution in [3.8, 4) is 5.75 Å². The molecule has 0 heterocycles. The quantitative estimate of drug-likeness (QED) is 0.845. The van der Waals surface area contributed by atoms with Crippen molar-refractivity contribution in [1.82, 2.24) is 0 Å². The molecule has 0 saturated heterocycles. The summed E-state index contributed by atoms with van der Waals surface area (Å²) in [5.41, 5.74) is 0.414. The molecular formula is C13H15F3O4. The molecule has 0 aliphatic heterocycles. The first kappa shape index (κ1) is 16.3. The van der Waals surface area contributed by atoms with Gasteiger partial charge in [0.05, 0.1) is 6.10 Å². The van der Waals surface area contributed by atoms with Crippen molar-refractivity contribution in [3.63, 3.8) is 0 Å². The monoisotopic (exact) mass is 292 g/mol. The molecule has 0 spiro atoms. The maximum absolute atomic E-state index is 12.0. The molecule has 0 aliphatic rings. The number of aliphatic carboxylic acids is 1. The third-order valence-electron chi connectivity index (χ3n) is 2.65. The second-order valence-corrected chi connectivity index (χ2v) is 4.57. The molecule has 20 heavy (non-hydrogen) atoms. The zero-order valence-corrected chi connectivity index (χ0v) is 10.7. The number of halogens is 3. The van der Waals surface area contributed by atoms with E-state index in [4.69, 9.17) is 5.11 Å². The van der Waals surface area contributed by atoms with E-state index in [1.165, 1.54) is 12.1 Å². The summed E-state index contributed by atoms with van der Waals surface area (Å²) in [4.78, 5) is 10.5. The number of ether oxygens (including phenoxy) is 1. The third kappa shape index (κ3) is 5.92. The number of hydrogen-bond donors (Lipinski definition) is 2. The Balaban J connectivity index is 2.61. The minimum atomic E-state index is -4.75. The van der Waals surface area contributed by atoms with Gasteiger partial charge in [-0.25, -0.2) is 0 Å². The van der Waals surface area contributed by atoms with Gasteiger partial charge in [-0.2, -0.15) is 0 Å². The normalized spacial score (nSPS) is 14.7. The van der Waals surface area contributed by atoms with Crippen molar-refractivity contribution in [3.05, 3.63) is 29.8 Å². The van der Waals surface area contributed by atoms with E-state index >= 15 is 0 Å². The van der Waals surface area contributed by atoms with Crippen molar-refractivity contribution >= 4 is 5.97 Å². The first-order chi connectivity index (χ1) is 9.17. The first-order valence-electron chi connectivity index (χ1n) is 5.93. The molecule has 0 aromatic heterocycles. The van der Waals surface area contributed by atoms with Crippen LogP contribution in [0.5, 0.6) is 5.75 Å². The zero-order chi connectivity index (χ0) is 15.3. The average Bonchev–Trinajstić information content (AvgIpc) is 2.26. The van der Waals surface area contributed by atoms with Gasteiger partial charge in [-0.05, 0) is 30.0 Å². The minimum Gasteiger partial charge on any atom is -0.481 e. The lowest BCUT2D eigenvalue weighted by atomic mass is 9.96. The molecule has 2 unspecified atom stereocenters. The molecule has 0 fully saturated rings. The number of carboxylic acids is 1. The molecule has 2 atom stereocenters. The summed E-state index contributed by atoms with van der Waals surface area (Å²) in [6.07, 6.45) is -5.54. The van der Waals surface area contributed by atoms with Gasteiger partial charge in [0.25, 0.3) is 0 Å². The van der Waals surface area contributed by atoms with E-state index < -0.39 is 18.4 Å². The van der Waals surface area contributed by atoms with Gasteiger partial charge in [-0.1, -0.05) is 19.1 Å². The van der Waals surface area contributed by atoms with E-state index in [1.54, 1.807) is 6.92 Å². The third-order valence-corrected chi connectivity index (χ3v) is 2.65. The summed E-state index contributed by atoms with van der Waals surface area (Å²) in [5.74, 6) is -1.57. The topological polar surface area (TPSA) is 66.8 Å². The Morgan fingerprint density at radius 3 is 2.30 bits per heavy atom. The highest BCUT2D eigenvalue weighted by atomic mass is 19.4. The van der Waals surface area contributed by atoms with Crippen molar-refractivity contribution in [2.75, 3.05) is 0 Å². The maximum atomic E-state index is 12.0. The van der Waals surface area contributed by atoms with E-state index in [0.29, 0.717) is 5.56 Å². The number of carboxylic acid groups (broad SMARTS) is 1. The summed E-state index contributed by atoms with van der Waals surface area (Å²) in [7, 11) is 0. The summed E-state index contributed by atoms with van der Waals surface area (Å²) in [5, 5.41) is 18.5. The Hall–Kier alpha value is -1.76. The SMILES string of the molecule is CC(CC(=O)O)CC(O)c1ccc(OC(F)(F)F)cc1. The molecule has 112 valence electrons. The number of aliphatic hydroxyl groups excluding tert-OH is 1. The fourth-order valence-corrected chi connectivity index (χ4v) is 1.79. The second kappa shape index (κ2) is 6.60. The van der Waals surface area contributed by atoms with Crippen molar-refractivity contribution in [2.45, 2.75) is 32.2 Å². The van der Waals surface area contributed by atoms with Gasteiger partial charge >= 0.3 is 12.3 Å². The van der Waals surface area contributed by atoms with E-state index in [1.807, 2.05) is 0 Å². The highest BCUT2D eigenvalue weighted by Gasteiger charge is 2.31. The molecule has 0 aliphatic carbocycles. The zero-order valence-electron chi connectivity index (χ0n) is 10.7. The number of aliphatic hydroxyl groups is 1. The average molecular weight is 292 g/mol. The number of alkyl halides is 3. The van der Waals surface area contributed by atoms with Crippen LogP contribution in [0.4, 0.5) is 13.2 Å². The molecule has 2 N–H and O–H groups in total. The largest absolute Gasteiger partial charge is 0.573 e.